The van der Waals surface area contributed by atoms with Gasteiger partial charge in [-0.05, 0) is 24.5 Å². The highest BCUT2D eigenvalue weighted by Crippen LogP contribution is 2.31. The first-order valence-corrected chi connectivity index (χ1v) is 8.56. The van der Waals surface area contributed by atoms with Gasteiger partial charge in [-0.3, -0.25) is 0 Å². The first kappa shape index (κ1) is 15.4. The molecule has 6 heteroatoms. The van der Waals surface area contributed by atoms with Gasteiger partial charge in [0.05, 0.1) is 18.4 Å². The van der Waals surface area contributed by atoms with Crippen LogP contribution in [0.1, 0.15) is 24.1 Å². The van der Waals surface area contributed by atoms with Gasteiger partial charge in [-0.25, -0.2) is 8.42 Å². The van der Waals surface area contributed by atoms with E-state index in [1.807, 2.05) is 31.2 Å². The number of benzene rings is 1. The molecule has 0 aromatic heterocycles. The zero-order chi connectivity index (χ0) is 14.6. The van der Waals surface area contributed by atoms with Crippen molar-refractivity contribution < 1.29 is 13.2 Å². The van der Waals surface area contributed by atoms with Crippen LogP contribution < -0.4 is 5.73 Å². The lowest BCUT2D eigenvalue weighted by molar-refractivity contribution is 0.161. The van der Waals surface area contributed by atoms with E-state index >= 15 is 0 Å². The van der Waals surface area contributed by atoms with Gasteiger partial charge in [-0.15, -0.1) is 0 Å². The fourth-order valence-electron chi connectivity index (χ4n) is 2.63. The van der Waals surface area contributed by atoms with Crippen LogP contribution in [0.15, 0.2) is 24.3 Å². The Balaban J connectivity index is 2.21. The van der Waals surface area contributed by atoms with Gasteiger partial charge in [-0.2, -0.15) is 4.31 Å². The minimum atomic E-state index is -3.33. The molecule has 112 valence electrons. The average Bonchev–Trinajstić information content (AvgIpc) is 2.46. The standard InChI is InChI=1S/C14H22N2O3S/c1-2-19-9-10-20(17,18)16-8-7-12-5-3-4-6-13(12)14(16)11-15/h3-6,14H,2,7-11,15H2,1H3. The van der Waals surface area contributed by atoms with Crippen LogP contribution in [-0.2, 0) is 21.2 Å². The van der Waals surface area contributed by atoms with E-state index in [1.54, 1.807) is 0 Å². The maximum Gasteiger partial charge on any atom is 0.216 e. The molecule has 1 aromatic carbocycles. The molecule has 1 heterocycles. The Morgan fingerprint density at radius 2 is 2.15 bits per heavy atom. The predicted octanol–water partition coefficient (Wildman–Crippen LogP) is 0.911. The van der Waals surface area contributed by atoms with E-state index in [9.17, 15) is 8.42 Å². The van der Waals surface area contributed by atoms with Gasteiger partial charge in [0.1, 0.15) is 0 Å². The third-order valence-electron chi connectivity index (χ3n) is 3.63. The number of rotatable bonds is 6. The summed E-state index contributed by atoms with van der Waals surface area (Å²) in [5, 5.41) is 0. The molecular weight excluding hydrogens is 276 g/mol. The summed E-state index contributed by atoms with van der Waals surface area (Å²) in [5.41, 5.74) is 8.05. The molecule has 0 saturated carbocycles. The highest BCUT2D eigenvalue weighted by molar-refractivity contribution is 7.89. The van der Waals surface area contributed by atoms with Gasteiger partial charge in [0.2, 0.25) is 10.0 Å². The number of nitrogens with zero attached hydrogens (tertiary/aromatic N) is 1. The Bertz CT molecular complexity index is 545. The Kier molecular flexibility index (Phi) is 5.15. The summed E-state index contributed by atoms with van der Waals surface area (Å²) in [6.45, 7) is 3.40. The molecule has 0 spiro atoms. The number of nitrogens with two attached hydrogens (primary N) is 1. The molecule has 0 aliphatic carbocycles. The summed E-state index contributed by atoms with van der Waals surface area (Å²) >= 11 is 0. The van der Waals surface area contributed by atoms with Gasteiger partial charge in [0, 0.05) is 19.7 Å². The zero-order valence-corrected chi connectivity index (χ0v) is 12.6. The molecule has 1 atom stereocenters. The number of fused-ring (bicyclic) bond motifs is 1. The van der Waals surface area contributed by atoms with Gasteiger partial charge in [0.25, 0.3) is 0 Å². The number of hydrogen-bond donors (Lipinski definition) is 1. The second-order valence-electron chi connectivity index (χ2n) is 4.82. The van der Waals surface area contributed by atoms with E-state index in [2.05, 4.69) is 0 Å². The van der Waals surface area contributed by atoms with Crippen LogP contribution in [0.5, 0.6) is 0 Å². The maximum atomic E-state index is 12.4. The van der Waals surface area contributed by atoms with Crippen LogP contribution in [-0.4, -0.2) is 44.8 Å². The highest BCUT2D eigenvalue weighted by atomic mass is 32.2. The minimum absolute atomic E-state index is 0.0134. The van der Waals surface area contributed by atoms with Crippen molar-refractivity contribution in [1.29, 1.82) is 0 Å². The molecular formula is C14H22N2O3S. The molecule has 1 unspecified atom stereocenters. The summed E-state index contributed by atoms with van der Waals surface area (Å²) in [5.74, 6) is 0.0134. The van der Waals surface area contributed by atoms with Crippen molar-refractivity contribution in [3.63, 3.8) is 0 Å². The molecule has 1 aliphatic heterocycles. The topological polar surface area (TPSA) is 72.6 Å². The van der Waals surface area contributed by atoms with Gasteiger partial charge >= 0.3 is 0 Å². The van der Waals surface area contributed by atoms with Crippen LogP contribution >= 0.6 is 0 Å². The summed E-state index contributed by atoms with van der Waals surface area (Å²) in [4.78, 5) is 0. The van der Waals surface area contributed by atoms with E-state index in [1.165, 1.54) is 9.87 Å². The molecule has 2 rings (SSSR count). The fraction of sp³-hybridized carbons (Fsp3) is 0.571. The Hall–Kier alpha value is -0.950. The van der Waals surface area contributed by atoms with E-state index < -0.39 is 10.0 Å². The summed E-state index contributed by atoms with van der Waals surface area (Å²) in [6, 6.07) is 7.66. The minimum Gasteiger partial charge on any atom is -0.381 e. The summed E-state index contributed by atoms with van der Waals surface area (Å²) in [6.07, 6.45) is 0.737. The molecule has 0 radical (unpaired) electrons. The van der Waals surface area contributed by atoms with Crippen molar-refractivity contribution in [2.45, 2.75) is 19.4 Å². The van der Waals surface area contributed by atoms with Crippen molar-refractivity contribution in [3.05, 3.63) is 35.4 Å². The van der Waals surface area contributed by atoms with Crippen LogP contribution in [0.2, 0.25) is 0 Å². The van der Waals surface area contributed by atoms with E-state index in [0.717, 1.165) is 12.0 Å². The molecule has 2 N–H and O–H groups in total. The molecule has 0 bridgehead atoms. The lowest BCUT2D eigenvalue weighted by atomic mass is 9.94. The quantitative estimate of drug-likeness (QED) is 0.792. The normalized spacial score (nSPS) is 19.8. The van der Waals surface area contributed by atoms with E-state index in [4.69, 9.17) is 10.5 Å². The van der Waals surface area contributed by atoms with Crippen LogP contribution in [0.25, 0.3) is 0 Å². The maximum absolute atomic E-state index is 12.4. The first-order valence-electron chi connectivity index (χ1n) is 6.95. The smallest absolute Gasteiger partial charge is 0.216 e. The molecule has 1 aromatic rings. The van der Waals surface area contributed by atoms with Crippen LogP contribution in [0.3, 0.4) is 0 Å². The number of ether oxygens (including phenoxy) is 1. The van der Waals surface area contributed by atoms with Crippen molar-refractivity contribution in [3.8, 4) is 0 Å². The van der Waals surface area contributed by atoms with E-state index in [-0.39, 0.29) is 18.4 Å². The van der Waals surface area contributed by atoms with Crippen molar-refractivity contribution in [2.24, 2.45) is 5.73 Å². The molecule has 0 fully saturated rings. The number of sulfonamides is 1. The third-order valence-corrected chi connectivity index (χ3v) is 5.47. The second kappa shape index (κ2) is 6.67. The largest absolute Gasteiger partial charge is 0.381 e. The summed E-state index contributed by atoms with van der Waals surface area (Å²) < 4.78 is 31.6. The number of hydrogen-bond acceptors (Lipinski definition) is 4. The Morgan fingerprint density at radius 3 is 2.85 bits per heavy atom. The predicted molar refractivity (Wildman–Crippen MR) is 78.9 cm³/mol. The fourth-order valence-corrected chi connectivity index (χ4v) is 4.15. The van der Waals surface area contributed by atoms with Crippen LogP contribution in [0, 0.1) is 0 Å². The zero-order valence-electron chi connectivity index (χ0n) is 11.8. The SMILES string of the molecule is CCOCCS(=O)(=O)N1CCc2ccccc2C1CN. The highest BCUT2D eigenvalue weighted by Gasteiger charge is 2.34. The lowest BCUT2D eigenvalue weighted by Gasteiger charge is -2.35. The van der Waals surface area contributed by atoms with Crippen molar-refractivity contribution >= 4 is 10.0 Å². The average molecular weight is 298 g/mol. The molecule has 0 saturated heterocycles. The van der Waals surface area contributed by atoms with Gasteiger partial charge < -0.3 is 10.5 Å². The van der Waals surface area contributed by atoms with Gasteiger partial charge in [-0.1, -0.05) is 24.3 Å². The Labute approximate surface area is 120 Å². The van der Waals surface area contributed by atoms with Crippen LogP contribution in [0.4, 0.5) is 0 Å². The van der Waals surface area contributed by atoms with E-state index in [0.29, 0.717) is 19.7 Å². The summed E-state index contributed by atoms with van der Waals surface area (Å²) in [7, 11) is -3.33. The Morgan fingerprint density at radius 1 is 1.40 bits per heavy atom. The third kappa shape index (κ3) is 3.20. The molecule has 0 amide bonds. The lowest BCUT2D eigenvalue weighted by Crippen LogP contribution is -2.44. The molecule has 20 heavy (non-hydrogen) atoms. The first-order chi connectivity index (χ1) is 9.60. The van der Waals surface area contributed by atoms with Gasteiger partial charge in [0.15, 0.2) is 0 Å². The van der Waals surface area contributed by atoms with Crippen molar-refractivity contribution in [1.82, 2.24) is 4.31 Å². The molecule has 5 nitrogen and oxygen atoms in total. The monoisotopic (exact) mass is 298 g/mol. The van der Waals surface area contributed by atoms with Crippen molar-refractivity contribution in [2.75, 3.05) is 32.1 Å². The second-order valence-corrected chi connectivity index (χ2v) is 6.87. The molecule has 1 aliphatic rings.